The van der Waals surface area contributed by atoms with E-state index in [4.69, 9.17) is 0 Å². The maximum absolute atomic E-state index is 13.3. The zero-order valence-corrected chi connectivity index (χ0v) is 17.3. The molecular weight excluding hydrogens is 425 g/mol. The van der Waals surface area contributed by atoms with E-state index in [1.165, 1.54) is 31.3 Å². The lowest BCUT2D eigenvalue weighted by Crippen LogP contribution is -2.31. The molecule has 33 heavy (non-hydrogen) atoms. The fraction of sp³-hybridized carbons (Fsp3) is 0.0417. The summed E-state index contributed by atoms with van der Waals surface area (Å²) in [5.41, 5.74) is 1.79. The van der Waals surface area contributed by atoms with Gasteiger partial charge in [-0.25, -0.2) is 9.82 Å². The lowest BCUT2D eigenvalue weighted by molar-refractivity contribution is 0.0947. The van der Waals surface area contributed by atoms with Gasteiger partial charge in [-0.15, -0.1) is 0 Å². The van der Waals surface area contributed by atoms with Crippen molar-refractivity contribution < 1.29 is 14.3 Å². The van der Waals surface area contributed by atoms with Crippen molar-refractivity contribution in [2.75, 3.05) is 0 Å². The maximum atomic E-state index is 13.3. The van der Waals surface area contributed by atoms with E-state index in [1.54, 1.807) is 12.1 Å². The van der Waals surface area contributed by atoms with Gasteiger partial charge in [0.05, 0.1) is 11.9 Å². The number of phenolic OH excluding ortho intramolecular Hbond substituents is 1. The smallest absolute Gasteiger partial charge is 0.292 e. The van der Waals surface area contributed by atoms with Gasteiger partial charge in [-0.1, -0.05) is 30.3 Å². The average molecular weight is 441 g/mol. The Morgan fingerprint density at radius 1 is 1.18 bits per heavy atom. The van der Waals surface area contributed by atoms with Gasteiger partial charge in [0.1, 0.15) is 23.2 Å². The largest absolute Gasteiger partial charge is 0.507 e. The second kappa shape index (κ2) is 8.72. The zero-order chi connectivity index (χ0) is 23.5. The standard InChI is InChI=1S/C24H16FN5O3/c1-14-19(12-26)24(33)30(17-9-7-16(25)8-10-17)29-22(14)23(32)28-27-13-20-18-5-3-2-4-15(18)6-11-21(20)31/h2-11,13,31H,1H3,(H,28,32)/b27-13-. The predicted octanol–water partition coefficient (Wildman–Crippen LogP) is 3.17. The lowest BCUT2D eigenvalue weighted by atomic mass is 10.0. The Morgan fingerprint density at radius 2 is 1.91 bits per heavy atom. The minimum atomic E-state index is -0.768. The van der Waals surface area contributed by atoms with Crippen molar-refractivity contribution in [1.82, 2.24) is 15.2 Å². The number of benzene rings is 3. The van der Waals surface area contributed by atoms with Crippen LogP contribution in [0, 0.1) is 24.1 Å². The maximum Gasteiger partial charge on any atom is 0.292 e. The third-order valence-electron chi connectivity index (χ3n) is 5.04. The molecule has 4 rings (SSSR count). The highest BCUT2D eigenvalue weighted by molar-refractivity contribution is 6.03. The molecule has 4 aromatic rings. The number of hydrazone groups is 1. The van der Waals surface area contributed by atoms with Crippen molar-refractivity contribution in [2.45, 2.75) is 6.92 Å². The van der Waals surface area contributed by atoms with Gasteiger partial charge in [-0.05, 0) is 48.0 Å². The van der Waals surface area contributed by atoms with Crippen LogP contribution in [-0.2, 0) is 0 Å². The quantitative estimate of drug-likeness (QED) is 0.372. The molecule has 0 aliphatic heterocycles. The number of nitriles is 1. The third kappa shape index (κ3) is 4.05. The Kier molecular flexibility index (Phi) is 5.66. The summed E-state index contributed by atoms with van der Waals surface area (Å²) in [5.74, 6) is -1.29. The molecule has 0 spiro atoms. The Balaban J connectivity index is 1.70. The van der Waals surface area contributed by atoms with E-state index in [2.05, 4.69) is 15.6 Å². The van der Waals surface area contributed by atoms with E-state index < -0.39 is 17.3 Å². The van der Waals surface area contributed by atoms with E-state index in [0.29, 0.717) is 5.56 Å². The number of carbonyl (C=O) groups is 1. The van der Waals surface area contributed by atoms with Crippen LogP contribution in [0.5, 0.6) is 5.75 Å². The van der Waals surface area contributed by atoms with Crippen molar-refractivity contribution in [3.8, 4) is 17.5 Å². The molecule has 1 heterocycles. The first kappa shape index (κ1) is 21.4. The van der Waals surface area contributed by atoms with Gasteiger partial charge in [-0.2, -0.15) is 20.1 Å². The van der Waals surface area contributed by atoms with E-state index in [-0.39, 0.29) is 28.3 Å². The number of nitrogens with zero attached hydrogens (tertiary/aromatic N) is 4. The summed E-state index contributed by atoms with van der Waals surface area (Å²) < 4.78 is 14.1. The van der Waals surface area contributed by atoms with Crippen LogP contribution in [0.2, 0.25) is 0 Å². The molecule has 1 aromatic heterocycles. The zero-order valence-electron chi connectivity index (χ0n) is 17.3. The van der Waals surface area contributed by atoms with E-state index in [0.717, 1.165) is 27.6 Å². The molecule has 0 radical (unpaired) electrons. The molecule has 162 valence electrons. The monoisotopic (exact) mass is 441 g/mol. The van der Waals surface area contributed by atoms with Crippen LogP contribution < -0.4 is 11.0 Å². The van der Waals surface area contributed by atoms with Crippen molar-refractivity contribution in [3.63, 3.8) is 0 Å². The van der Waals surface area contributed by atoms with Crippen LogP contribution >= 0.6 is 0 Å². The van der Waals surface area contributed by atoms with E-state index in [1.807, 2.05) is 24.3 Å². The number of aromatic hydroxyl groups is 1. The number of hydrogen-bond acceptors (Lipinski definition) is 6. The summed E-state index contributed by atoms with van der Waals surface area (Å²) in [6.45, 7) is 1.43. The molecule has 8 nitrogen and oxygen atoms in total. The van der Waals surface area contributed by atoms with Crippen LogP contribution in [0.15, 0.2) is 70.6 Å². The molecule has 0 aliphatic carbocycles. The first-order valence-electron chi connectivity index (χ1n) is 9.75. The van der Waals surface area contributed by atoms with Gasteiger partial charge < -0.3 is 5.11 Å². The number of nitrogens with one attached hydrogen (secondary N) is 1. The van der Waals surface area contributed by atoms with Gasteiger partial charge in [-0.3, -0.25) is 9.59 Å². The molecule has 0 fully saturated rings. The Labute approximate surface area is 186 Å². The summed E-state index contributed by atoms with van der Waals surface area (Å²) in [7, 11) is 0. The Bertz CT molecular complexity index is 1520. The first-order valence-corrected chi connectivity index (χ1v) is 9.75. The molecule has 3 aromatic carbocycles. The topological polar surface area (TPSA) is 120 Å². The second-order valence-electron chi connectivity index (χ2n) is 7.07. The van der Waals surface area contributed by atoms with Gasteiger partial charge in [0.15, 0.2) is 5.69 Å². The summed E-state index contributed by atoms with van der Waals surface area (Å²) >= 11 is 0. The number of amides is 1. The lowest BCUT2D eigenvalue weighted by Gasteiger charge is -2.10. The number of fused-ring (bicyclic) bond motifs is 1. The fourth-order valence-electron chi connectivity index (χ4n) is 3.34. The highest BCUT2D eigenvalue weighted by Gasteiger charge is 2.20. The Hall–Kier alpha value is -4.84. The SMILES string of the molecule is Cc1c(C(=O)N/N=C\c2c(O)ccc3ccccc23)nn(-c2ccc(F)cc2)c(=O)c1C#N. The van der Waals surface area contributed by atoms with E-state index >= 15 is 0 Å². The van der Waals surface area contributed by atoms with E-state index in [9.17, 15) is 24.3 Å². The number of halogens is 1. The Morgan fingerprint density at radius 3 is 2.64 bits per heavy atom. The molecule has 0 saturated heterocycles. The average Bonchev–Trinajstić information content (AvgIpc) is 2.81. The number of rotatable bonds is 4. The van der Waals surface area contributed by atoms with Crippen LogP contribution in [-0.4, -0.2) is 27.0 Å². The van der Waals surface area contributed by atoms with Crippen LogP contribution in [0.25, 0.3) is 16.5 Å². The van der Waals surface area contributed by atoms with Crippen molar-refractivity contribution in [2.24, 2.45) is 5.10 Å². The van der Waals surface area contributed by atoms with Crippen molar-refractivity contribution in [3.05, 3.63) is 99.2 Å². The minimum absolute atomic E-state index is 0.0161. The molecule has 9 heteroatoms. The summed E-state index contributed by atoms with van der Waals surface area (Å²) in [6, 6.07) is 17.3. The molecule has 0 aliphatic rings. The molecule has 2 N–H and O–H groups in total. The second-order valence-corrected chi connectivity index (χ2v) is 7.07. The van der Waals surface area contributed by atoms with Crippen LogP contribution in [0.3, 0.4) is 0 Å². The van der Waals surface area contributed by atoms with Crippen molar-refractivity contribution >= 4 is 22.9 Å². The van der Waals surface area contributed by atoms with Gasteiger partial charge in [0.25, 0.3) is 11.5 Å². The van der Waals surface area contributed by atoms with Crippen LogP contribution in [0.1, 0.15) is 27.2 Å². The number of hydrogen-bond donors (Lipinski definition) is 2. The summed E-state index contributed by atoms with van der Waals surface area (Å²) in [5, 5.41) is 29.2. The molecule has 1 amide bonds. The minimum Gasteiger partial charge on any atom is -0.507 e. The normalized spacial score (nSPS) is 10.9. The van der Waals surface area contributed by atoms with Gasteiger partial charge >= 0.3 is 0 Å². The number of aromatic nitrogens is 2. The molecule has 0 atom stereocenters. The summed E-state index contributed by atoms with van der Waals surface area (Å²) in [6.07, 6.45) is 1.30. The third-order valence-corrected chi connectivity index (χ3v) is 5.04. The van der Waals surface area contributed by atoms with Gasteiger partial charge in [0.2, 0.25) is 0 Å². The van der Waals surface area contributed by atoms with Crippen molar-refractivity contribution in [1.29, 1.82) is 5.26 Å². The highest BCUT2D eigenvalue weighted by atomic mass is 19.1. The molecule has 0 unspecified atom stereocenters. The van der Waals surface area contributed by atoms with Gasteiger partial charge in [0, 0.05) is 11.1 Å². The number of carbonyl (C=O) groups excluding carboxylic acids is 1. The summed E-state index contributed by atoms with van der Waals surface area (Å²) in [4.78, 5) is 25.4. The molecule has 0 bridgehead atoms. The molecular formula is C24H16FN5O3. The highest BCUT2D eigenvalue weighted by Crippen LogP contribution is 2.25. The predicted molar refractivity (Wildman–Crippen MR) is 120 cm³/mol. The number of phenols is 1. The van der Waals surface area contributed by atoms with Crippen LogP contribution in [0.4, 0.5) is 4.39 Å². The first-order chi connectivity index (χ1) is 15.9. The fourth-order valence-corrected chi connectivity index (χ4v) is 3.34. The molecule has 0 saturated carbocycles.